The Bertz CT molecular complexity index is 2070. The molecular formula is C26H18N4NaO6S. The molecule has 12 heteroatoms. The van der Waals surface area contributed by atoms with E-state index in [1.54, 1.807) is 48.5 Å². The number of nitrogens with zero attached hydrogens (tertiary/aromatic N) is 1. The van der Waals surface area contributed by atoms with Gasteiger partial charge in [-0.1, -0.05) is 24.3 Å². The fourth-order valence-electron chi connectivity index (χ4n) is 3.99. The van der Waals surface area contributed by atoms with Gasteiger partial charge < -0.3 is 16.0 Å². The van der Waals surface area contributed by atoms with Crippen molar-refractivity contribution < 1.29 is 18.1 Å². The summed E-state index contributed by atoms with van der Waals surface area (Å²) < 4.78 is 33.7. The average Bonchev–Trinajstić information content (AvgIpc) is 2.88. The van der Waals surface area contributed by atoms with Gasteiger partial charge in [0.05, 0.1) is 38.2 Å². The molecule has 0 aliphatic heterocycles. The van der Waals surface area contributed by atoms with Crippen molar-refractivity contribution in [1.29, 1.82) is 5.41 Å². The number of hydrogen-bond donors (Lipinski definition) is 5. The van der Waals surface area contributed by atoms with Crippen LogP contribution in [0, 0.1) is 15.8 Å². The zero-order valence-electron chi connectivity index (χ0n) is 19.9. The van der Waals surface area contributed by atoms with E-state index < -0.39 is 36.4 Å². The molecule has 3 aromatic rings. The molecule has 5 rings (SSSR count). The van der Waals surface area contributed by atoms with E-state index in [4.69, 9.17) is 5.41 Å². The Morgan fingerprint density at radius 1 is 0.763 bits per heavy atom. The molecule has 0 saturated carbocycles. The van der Waals surface area contributed by atoms with Gasteiger partial charge in [0.1, 0.15) is 10.6 Å². The van der Waals surface area contributed by atoms with E-state index in [0.29, 0.717) is 17.1 Å². The predicted octanol–water partition coefficient (Wildman–Crippen LogP) is 1.88. The Morgan fingerprint density at radius 2 is 1.26 bits per heavy atom. The standard InChI is InChI=1S/C26H18N4O6S.Na/c27-24-21(37(34,35)36)13-20(22-23(24)26(33)19-4-2-1-3-18(19)25(22)32)28-14-5-7-15(8-6-14)29-30-16-9-11-17(31)12-10-16;/h1-13,27,29-31H,(H,34,35,36);. The number of rotatable bonds is 5. The summed E-state index contributed by atoms with van der Waals surface area (Å²) in [7, 11) is -4.89. The Balaban J connectivity index is 0.00000336. The van der Waals surface area contributed by atoms with Gasteiger partial charge in [-0.25, -0.2) is 4.99 Å². The SMILES string of the molecule is N=c1c(S(=O)(=O)O)cc(=Nc2ccc(NNc3ccc(O)cc3)cc2)c2c(=O)c3ccccc3c(=O)c1=2.[Na]. The van der Waals surface area contributed by atoms with Gasteiger partial charge >= 0.3 is 0 Å². The van der Waals surface area contributed by atoms with Crippen LogP contribution in [0.25, 0.3) is 10.8 Å². The fourth-order valence-corrected chi connectivity index (χ4v) is 4.61. The third kappa shape index (κ3) is 5.10. The molecule has 0 saturated heterocycles. The maximum atomic E-state index is 13.3. The van der Waals surface area contributed by atoms with Crippen LogP contribution in [0.15, 0.2) is 98.3 Å². The Kier molecular flexibility index (Phi) is 7.49. The number of nitrogens with one attached hydrogen (secondary N) is 3. The monoisotopic (exact) mass is 537 g/mol. The fraction of sp³-hybridized carbons (Fsp3) is 0. The summed E-state index contributed by atoms with van der Waals surface area (Å²) >= 11 is 0. The molecule has 0 heterocycles. The summed E-state index contributed by atoms with van der Waals surface area (Å²) in [6.07, 6.45) is 0. The van der Waals surface area contributed by atoms with Crippen LogP contribution in [0.2, 0.25) is 0 Å². The van der Waals surface area contributed by atoms with Crippen molar-refractivity contribution in [1.82, 2.24) is 0 Å². The normalized spacial score (nSPS) is 11.9. The van der Waals surface area contributed by atoms with E-state index in [0.717, 1.165) is 6.07 Å². The first-order chi connectivity index (χ1) is 17.6. The molecule has 3 aromatic carbocycles. The first-order valence-corrected chi connectivity index (χ1v) is 12.3. The minimum Gasteiger partial charge on any atom is -0.508 e. The summed E-state index contributed by atoms with van der Waals surface area (Å²) in [6.45, 7) is 0. The van der Waals surface area contributed by atoms with Gasteiger partial charge in [-0.3, -0.25) is 19.6 Å². The number of hydrogen-bond acceptors (Lipinski definition) is 9. The molecule has 0 bridgehead atoms. The topological polar surface area (TPSA) is 169 Å². The third-order valence-corrected chi connectivity index (χ3v) is 6.63. The second kappa shape index (κ2) is 10.5. The van der Waals surface area contributed by atoms with Crippen LogP contribution < -0.4 is 32.4 Å². The zero-order chi connectivity index (χ0) is 26.3. The van der Waals surface area contributed by atoms with Crippen LogP contribution in [0.1, 0.15) is 0 Å². The largest absolute Gasteiger partial charge is 0.508 e. The number of phenols is 1. The first kappa shape index (κ1) is 27.2. The van der Waals surface area contributed by atoms with Crippen LogP contribution in [0.3, 0.4) is 0 Å². The molecule has 185 valence electrons. The number of aromatic hydroxyl groups is 1. The summed E-state index contributed by atoms with van der Waals surface area (Å²) in [6, 6.07) is 19.9. The molecule has 0 fully saturated rings. The van der Waals surface area contributed by atoms with Gasteiger partial charge in [0, 0.05) is 40.3 Å². The Hall–Kier alpha value is -3.87. The number of phenolic OH excluding ortho intramolecular Hbond substituents is 1. The molecule has 0 amide bonds. The minimum atomic E-state index is -4.89. The predicted molar refractivity (Wildman–Crippen MR) is 143 cm³/mol. The smallest absolute Gasteiger partial charge is 0.296 e. The summed E-state index contributed by atoms with van der Waals surface area (Å²) in [5.41, 5.74) is 6.34. The molecule has 0 spiro atoms. The molecule has 38 heavy (non-hydrogen) atoms. The van der Waals surface area contributed by atoms with Crippen molar-refractivity contribution in [2.45, 2.75) is 4.90 Å². The zero-order valence-corrected chi connectivity index (χ0v) is 22.7. The Labute approximate surface area is 236 Å². The molecule has 1 radical (unpaired) electrons. The van der Waals surface area contributed by atoms with Crippen LogP contribution in [-0.4, -0.2) is 47.6 Å². The third-order valence-electron chi connectivity index (χ3n) is 5.75. The average molecular weight is 538 g/mol. The van der Waals surface area contributed by atoms with Crippen LogP contribution in [0.5, 0.6) is 5.75 Å². The molecule has 5 N–H and O–H groups in total. The van der Waals surface area contributed by atoms with E-state index in [2.05, 4.69) is 15.8 Å². The number of fused-ring (bicyclic) bond motifs is 1. The van der Waals surface area contributed by atoms with Crippen LogP contribution >= 0.6 is 0 Å². The first-order valence-electron chi connectivity index (χ1n) is 10.8. The molecule has 2 aliphatic rings. The maximum absolute atomic E-state index is 13.3. The van der Waals surface area contributed by atoms with Gasteiger partial charge in [0.25, 0.3) is 10.1 Å². The van der Waals surface area contributed by atoms with Crippen molar-refractivity contribution >= 4 is 67.5 Å². The van der Waals surface area contributed by atoms with E-state index >= 15 is 0 Å². The minimum absolute atomic E-state index is 0. The molecule has 0 unspecified atom stereocenters. The molecular weight excluding hydrogens is 519 g/mol. The number of anilines is 2. The van der Waals surface area contributed by atoms with Crippen molar-refractivity contribution in [2.24, 2.45) is 4.99 Å². The van der Waals surface area contributed by atoms with E-state index in [-0.39, 0.29) is 56.7 Å². The van der Waals surface area contributed by atoms with Crippen molar-refractivity contribution in [2.75, 3.05) is 10.9 Å². The molecule has 0 atom stereocenters. The van der Waals surface area contributed by atoms with Crippen molar-refractivity contribution in [3.05, 3.63) is 120 Å². The van der Waals surface area contributed by atoms with Gasteiger partial charge in [0.2, 0.25) is 0 Å². The summed E-state index contributed by atoms with van der Waals surface area (Å²) in [5.74, 6) is 0.137. The van der Waals surface area contributed by atoms with Crippen LogP contribution in [-0.2, 0) is 10.1 Å². The molecule has 10 nitrogen and oxygen atoms in total. The van der Waals surface area contributed by atoms with Crippen molar-refractivity contribution in [3.8, 4) is 5.75 Å². The number of benzene rings is 3. The second-order valence-corrected chi connectivity index (χ2v) is 9.54. The Morgan fingerprint density at radius 3 is 1.79 bits per heavy atom. The van der Waals surface area contributed by atoms with E-state index in [1.165, 1.54) is 24.3 Å². The van der Waals surface area contributed by atoms with Gasteiger partial charge in [-0.2, -0.15) is 8.42 Å². The van der Waals surface area contributed by atoms with Gasteiger partial charge in [-0.15, -0.1) is 0 Å². The summed E-state index contributed by atoms with van der Waals surface area (Å²) in [5, 5.41) is 16.3. The molecule has 2 aliphatic carbocycles. The van der Waals surface area contributed by atoms with Crippen molar-refractivity contribution in [3.63, 3.8) is 0 Å². The number of hydrazine groups is 1. The maximum Gasteiger partial charge on any atom is 0.296 e. The van der Waals surface area contributed by atoms with E-state index in [9.17, 15) is 27.7 Å². The quantitative estimate of drug-likeness (QED) is 0.0980. The summed E-state index contributed by atoms with van der Waals surface area (Å²) in [4.78, 5) is 30.1. The molecule has 0 aromatic heterocycles. The van der Waals surface area contributed by atoms with Gasteiger partial charge in [-0.05, 0) is 54.6 Å². The second-order valence-electron chi connectivity index (χ2n) is 8.15. The van der Waals surface area contributed by atoms with Gasteiger partial charge in [0.15, 0.2) is 10.9 Å². The van der Waals surface area contributed by atoms with E-state index in [1.807, 2.05) is 0 Å². The van der Waals surface area contributed by atoms with Crippen LogP contribution in [0.4, 0.5) is 17.1 Å².